The lowest BCUT2D eigenvalue weighted by molar-refractivity contribution is -0.133. The lowest BCUT2D eigenvalue weighted by Gasteiger charge is -2.27. The first kappa shape index (κ1) is 18.4. The first-order valence-electron chi connectivity index (χ1n) is 8.94. The molecule has 4 atom stereocenters. The van der Waals surface area contributed by atoms with Gasteiger partial charge in [0.2, 0.25) is 5.91 Å². The molecule has 0 spiro atoms. The van der Waals surface area contributed by atoms with Crippen LogP contribution in [0, 0.1) is 5.92 Å². The first-order valence-corrected chi connectivity index (χ1v) is 9.99. The van der Waals surface area contributed by atoms with E-state index in [-0.39, 0.29) is 18.4 Å². The SMILES string of the molecule is CCSC1CCCCN(C(=O)C2CC3CCCCC3N2)C1.Cl. The second-order valence-electron chi connectivity index (χ2n) is 6.96. The quantitative estimate of drug-likeness (QED) is 0.849. The smallest absolute Gasteiger partial charge is 0.239 e. The van der Waals surface area contributed by atoms with Gasteiger partial charge in [-0.2, -0.15) is 11.8 Å². The molecule has 1 N–H and O–H groups in total. The molecule has 3 aliphatic rings. The van der Waals surface area contributed by atoms with Crippen molar-refractivity contribution in [3.8, 4) is 0 Å². The number of hydrogen-bond donors (Lipinski definition) is 1. The fourth-order valence-corrected chi connectivity index (χ4v) is 5.50. The highest BCUT2D eigenvalue weighted by Gasteiger charge is 2.40. The van der Waals surface area contributed by atoms with Gasteiger partial charge in [-0.05, 0) is 43.8 Å². The molecule has 0 aromatic carbocycles. The Balaban J connectivity index is 0.00000176. The number of halogens is 1. The van der Waals surface area contributed by atoms with Crippen LogP contribution in [0.1, 0.15) is 58.3 Å². The van der Waals surface area contributed by atoms with Gasteiger partial charge in [0.15, 0.2) is 0 Å². The molecular formula is C17H31ClN2OS. The van der Waals surface area contributed by atoms with Gasteiger partial charge in [-0.25, -0.2) is 0 Å². The van der Waals surface area contributed by atoms with Crippen molar-refractivity contribution in [2.75, 3.05) is 18.8 Å². The van der Waals surface area contributed by atoms with Crippen LogP contribution in [-0.4, -0.2) is 47.0 Å². The molecule has 3 rings (SSSR count). The fourth-order valence-electron chi connectivity index (χ4n) is 4.41. The Bertz CT molecular complexity index is 355. The second-order valence-corrected chi connectivity index (χ2v) is 8.54. The summed E-state index contributed by atoms with van der Waals surface area (Å²) in [7, 11) is 0. The Kier molecular flexibility index (Phi) is 7.36. The van der Waals surface area contributed by atoms with Crippen LogP contribution >= 0.6 is 24.2 Å². The van der Waals surface area contributed by atoms with Gasteiger partial charge in [-0.15, -0.1) is 12.4 Å². The van der Waals surface area contributed by atoms with Crippen molar-refractivity contribution in [1.82, 2.24) is 10.2 Å². The van der Waals surface area contributed by atoms with Crippen LogP contribution in [0.3, 0.4) is 0 Å². The van der Waals surface area contributed by atoms with Crippen molar-refractivity contribution in [1.29, 1.82) is 0 Å². The van der Waals surface area contributed by atoms with Gasteiger partial charge in [-0.3, -0.25) is 4.79 Å². The number of hydrogen-bond acceptors (Lipinski definition) is 3. The van der Waals surface area contributed by atoms with E-state index in [2.05, 4.69) is 17.1 Å². The van der Waals surface area contributed by atoms with E-state index >= 15 is 0 Å². The molecule has 0 aromatic heterocycles. The Morgan fingerprint density at radius 3 is 2.73 bits per heavy atom. The summed E-state index contributed by atoms with van der Waals surface area (Å²) in [5.41, 5.74) is 0. The lowest BCUT2D eigenvalue weighted by atomic mass is 9.85. The van der Waals surface area contributed by atoms with Gasteiger partial charge in [0, 0.05) is 24.4 Å². The van der Waals surface area contributed by atoms with E-state index in [9.17, 15) is 4.79 Å². The molecule has 2 heterocycles. The van der Waals surface area contributed by atoms with Crippen LogP contribution in [-0.2, 0) is 4.79 Å². The summed E-state index contributed by atoms with van der Waals surface area (Å²) in [5, 5.41) is 4.32. The molecule has 2 aliphatic heterocycles. The highest BCUT2D eigenvalue weighted by atomic mass is 35.5. The number of nitrogens with zero attached hydrogens (tertiary/aromatic N) is 1. The molecule has 5 heteroatoms. The maximum Gasteiger partial charge on any atom is 0.239 e. The van der Waals surface area contributed by atoms with Crippen LogP contribution in [0.2, 0.25) is 0 Å². The standard InChI is InChI=1S/C17H30N2OS.ClH/c1-2-21-14-8-5-6-10-19(12-14)17(20)16-11-13-7-3-4-9-15(13)18-16;/h13-16,18H,2-12H2,1H3;1H. The topological polar surface area (TPSA) is 32.3 Å². The Labute approximate surface area is 145 Å². The predicted octanol–water partition coefficient (Wildman–Crippen LogP) is 3.46. The van der Waals surface area contributed by atoms with Crippen LogP contribution in [0.5, 0.6) is 0 Å². The normalized spacial score (nSPS) is 35.4. The number of nitrogens with one attached hydrogen (secondary N) is 1. The van der Waals surface area contributed by atoms with Gasteiger partial charge >= 0.3 is 0 Å². The lowest BCUT2D eigenvalue weighted by Crippen LogP contribution is -2.47. The number of likely N-dealkylation sites (tertiary alicyclic amines) is 1. The summed E-state index contributed by atoms with van der Waals surface area (Å²) in [6, 6.07) is 0.740. The fraction of sp³-hybridized carbons (Fsp3) is 0.941. The summed E-state index contributed by atoms with van der Waals surface area (Å²) in [4.78, 5) is 15.1. The summed E-state index contributed by atoms with van der Waals surface area (Å²) in [6.07, 6.45) is 10.2. The third-order valence-electron chi connectivity index (χ3n) is 5.50. The molecule has 1 aliphatic carbocycles. The van der Waals surface area contributed by atoms with E-state index in [0.717, 1.165) is 25.4 Å². The van der Waals surface area contributed by atoms with Crippen molar-refractivity contribution in [2.24, 2.45) is 5.92 Å². The molecule has 22 heavy (non-hydrogen) atoms. The van der Waals surface area contributed by atoms with E-state index in [1.165, 1.54) is 50.7 Å². The van der Waals surface area contributed by atoms with E-state index < -0.39 is 0 Å². The van der Waals surface area contributed by atoms with Crippen LogP contribution < -0.4 is 5.32 Å². The van der Waals surface area contributed by atoms with Crippen LogP contribution in [0.4, 0.5) is 0 Å². The minimum atomic E-state index is 0. The van der Waals surface area contributed by atoms with Crippen molar-refractivity contribution >= 4 is 30.1 Å². The molecule has 1 amide bonds. The van der Waals surface area contributed by atoms with E-state index in [4.69, 9.17) is 0 Å². The molecule has 1 saturated carbocycles. The zero-order chi connectivity index (χ0) is 14.7. The van der Waals surface area contributed by atoms with Gasteiger partial charge in [0.1, 0.15) is 0 Å². The van der Waals surface area contributed by atoms with E-state index in [1.807, 2.05) is 11.8 Å². The number of fused-ring (bicyclic) bond motifs is 1. The molecule has 3 fully saturated rings. The minimum Gasteiger partial charge on any atom is -0.340 e. The zero-order valence-corrected chi connectivity index (χ0v) is 15.4. The summed E-state index contributed by atoms with van der Waals surface area (Å²) in [6.45, 7) is 4.18. The van der Waals surface area contributed by atoms with Crippen molar-refractivity contribution in [3.05, 3.63) is 0 Å². The highest BCUT2D eigenvalue weighted by Crippen LogP contribution is 2.34. The third-order valence-corrected chi connectivity index (χ3v) is 6.69. The monoisotopic (exact) mass is 346 g/mol. The molecule has 128 valence electrons. The zero-order valence-electron chi connectivity index (χ0n) is 13.8. The number of rotatable bonds is 3. The Hall–Kier alpha value is 0.0700. The van der Waals surface area contributed by atoms with Crippen molar-refractivity contribution in [2.45, 2.75) is 75.6 Å². The van der Waals surface area contributed by atoms with Crippen LogP contribution in [0.25, 0.3) is 0 Å². The number of amides is 1. The van der Waals surface area contributed by atoms with Crippen LogP contribution in [0.15, 0.2) is 0 Å². The number of thioether (sulfide) groups is 1. The Morgan fingerprint density at radius 2 is 1.95 bits per heavy atom. The van der Waals surface area contributed by atoms with Gasteiger partial charge in [0.25, 0.3) is 0 Å². The molecule has 0 aromatic rings. The first-order chi connectivity index (χ1) is 10.3. The highest BCUT2D eigenvalue weighted by molar-refractivity contribution is 7.99. The van der Waals surface area contributed by atoms with Gasteiger partial charge in [-0.1, -0.05) is 26.2 Å². The minimum absolute atomic E-state index is 0. The molecule has 4 unspecified atom stereocenters. The number of carbonyl (C=O) groups excluding carboxylic acids is 1. The Morgan fingerprint density at radius 1 is 1.18 bits per heavy atom. The van der Waals surface area contributed by atoms with E-state index in [0.29, 0.717) is 17.2 Å². The molecule has 2 saturated heterocycles. The second kappa shape index (κ2) is 8.79. The van der Waals surface area contributed by atoms with Crippen molar-refractivity contribution in [3.63, 3.8) is 0 Å². The van der Waals surface area contributed by atoms with Gasteiger partial charge < -0.3 is 10.2 Å². The molecule has 3 nitrogen and oxygen atoms in total. The molecular weight excluding hydrogens is 316 g/mol. The van der Waals surface area contributed by atoms with Gasteiger partial charge in [0.05, 0.1) is 6.04 Å². The summed E-state index contributed by atoms with van der Waals surface area (Å²) >= 11 is 2.04. The third kappa shape index (κ3) is 4.33. The maximum atomic E-state index is 12.9. The van der Waals surface area contributed by atoms with E-state index in [1.54, 1.807) is 0 Å². The summed E-state index contributed by atoms with van der Waals surface area (Å²) < 4.78 is 0. The average Bonchev–Trinajstić information content (AvgIpc) is 2.80. The summed E-state index contributed by atoms with van der Waals surface area (Å²) in [5.74, 6) is 2.33. The average molecular weight is 347 g/mol. The molecule has 0 bridgehead atoms. The maximum absolute atomic E-state index is 12.9. The molecule has 0 radical (unpaired) electrons. The predicted molar refractivity (Wildman–Crippen MR) is 96.9 cm³/mol. The number of carbonyl (C=O) groups is 1. The largest absolute Gasteiger partial charge is 0.340 e. The van der Waals surface area contributed by atoms with Crippen molar-refractivity contribution < 1.29 is 4.79 Å².